The number of amides is 5. The number of imide groups is 2. The van der Waals surface area contributed by atoms with E-state index in [0.717, 1.165) is 16.0 Å². The summed E-state index contributed by atoms with van der Waals surface area (Å²) in [6, 6.07) is 13.5. The molecule has 3 aromatic carbocycles. The normalized spacial score (nSPS) is 14.5. The Bertz CT molecular complexity index is 1520. The summed E-state index contributed by atoms with van der Waals surface area (Å²) < 4.78 is 5.50. The molecule has 0 saturated carbocycles. The molecule has 3 aromatic rings. The average Bonchev–Trinajstić information content (AvgIpc) is 2.85. The van der Waals surface area contributed by atoms with Crippen molar-refractivity contribution in [1.29, 1.82) is 0 Å². The lowest BCUT2D eigenvalue weighted by Gasteiger charge is -2.26. The van der Waals surface area contributed by atoms with Crippen LogP contribution in [0.15, 0.2) is 60.2 Å². The minimum Gasteiger partial charge on any atom is -0.482 e. The molecule has 0 bridgehead atoms. The van der Waals surface area contributed by atoms with Gasteiger partial charge in [-0.15, -0.1) is 0 Å². The zero-order valence-corrected chi connectivity index (χ0v) is 22.4. The highest BCUT2D eigenvalue weighted by molar-refractivity contribution is 6.42. The maximum absolute atomic E-state index is 13.1. The lowest BCUT2D eigenvalue weighted by molar-refractivity contribution is -0.122. The van der Waals surface area contributed by atoms with E-state index in [0.29, 0.717) is 27.0 Å². The number of carbonyl (C=O) groups is 4. The van der Waals surface area contributed by atoms with Crippen molar-refractivity contribution < 1.29 is 23.9 Å². The van der Waals surface area contributed by atoms with E-state index in [1.165, 1.54) is 24.3 Å². The molecule has 0 radical (unpaired) electrons. The zero-order chi connectivity index (χ0) is 27.6. The number of nitrogens with one attached hydrogen (secondary N) is 2. The Morgan fingerprint density at radius 2 is 1.68 bits per heavy atom. The molecule has 2 N–H and O–H groups in total. The first-order valence-electron chi connectivity index (χ1n) is 11.2. The van der Waals surface area contributed by atoms with Gasteiger partial charge in [-0.25, -0.2) is 9.69 Å². The molecule has 0 aliphatic carbocycles. The summed E-state index contributed by atoms with van der Waals surface area (Å²) >= 11 is 18.1. The first-order valence-corrected chi connectivity index (χ1v) is 12.3. The molecule has 1 saturated heterocycles. The second-order valence-electron chi connectivity index (χ2n) is 8.38. The Balaban J connectivity index is 1.48. The van der Waals surface area contributed by atoms with Crippen LogP contribution in [-0.4, -0.2) is 30.4 Å². The summed E-state index contributed by atoms with van der Waals surface area (Å²) in [6.07, 6.45) is 1.32. The quantitative estimate of drug-likeness (QED) is 0.281. The molecule has 8 nitrogen and oxygen atoms in total. The lowest BCUT2D eigenvalue weighted by atomic mass is 10.0. The van der Waals surface area contributed by atoms with Crippen LogP contribution in [0.4, 0.5) is 16.2 Å². The molecular formula is C27H20Cl3N3O5. The second-order valence-corrected chi connectivity index (χ2v) is 9.60. The number of halogens is 3. The summed E-state index contributed by atoms with van der Waals surface area (Å²) in [5.41, 5.74) is 2.84. The molecule has 1 fully saturated rings. The van der Waals surface area contributed by atoms with Crippen LogP contribution in [0.2, 0.25) is 15.1 Å². The summed E-state index contributed by atoms with van der Waals surface area (Å²) in [7, 11) is 0. The number of hydrogen-bond donors (Lipinski definition) is 2. The molecule has 1 aliphatic heterocycles. The zero-order valence-electron chi connectivity index (χ0n) is 20.1. The Morgan fingerprint density at radius 3 is 2.37 bits per heavy atom. The largest absolute Gasteiger partial charge is 0.482 e. The van der Waals surface area contributed by atoms with Crippen molar-refractivity contribution in [2.75, 3.05) is 16.8 Å². The molecule has 0 aromatic heterocycles. The monoisotopic (exact) mass is 571 g/mol. The molecule has 38 heavy (non-hydrogen) atoms. The number of aryl methyl sites for hydroxylation is 2. The predicted molar refractivity (Wildman–Crippen MR) is 147 cm³/mol. The molecule has 5 amide bonds. The van der Waals surface area contributed by atoms with Crippen LogP contribution >= 0.6 is 34.8 Å². The van der Waals surface area contributed by atoms with Crippen LogP contribution < -0.4 is 20.3 Å². The van der Waals surface area contributed by atoms with E-state index in [1.54, 1.807) is 36.4 Å². The van der Waals surface area contributed by atoms with Gasteiger partial charge in [-0.05, 0) is 79.1 Å². The van der Waals surface area contributed by atoms with E-state index in [1.807, 2.05) is 13.8 Å². The Labute approximate surface area is 233 Å². The SMILES string of the molecule is Cc1ccc(N2C(=O)NC(=O)/C(=C/c3ccc(OCC(=O)Nc4ccc(Cl)c(Cl)c4)c(Cl)c3)C2=O)cc1C. The highest BCUT2D eigenvalue weighted by atomic mass is 35.5. The number of carbonyl (C=O) groups excluding carboxylic acids is 4. The van der Waals surface area contributed by atoms with Gasteiger partial charge in [0.05, 0.1) is 20.8 Å². The average molecular weight is 573 g/mol. The number of barbiturate groups is 1. The Kier molecular flexibility index (Phi) is 8.06. The van der Waals surface area contributed by atoms with Gasteiger partial charge in [0.2, 0.25) is 0 Å². The van der Waals surface area contributed by atoms with E-state index < -0.39 is 23.8 Å². The molecule has 11 heteroatoms. The van der Waals surface area contributed by atoms with E-state index in [4.69, 9.17) is 39.5 Å². The maximum atomic E-state index is 13.1. The summed E-state index contributed by atoms with van der Waals surface area (Å²) in [4.78, 5) is 51.2. The van der Waals surface area contributed by atoms with Crippen molar-refractivity contribution in [2.45, 2.75) is 13.8 Å². The minimum atomic E-state index is -0.832. The van der Waals surface area contributed by atoms with Crippen molar-refractivity contribution in [2.24, 2.45) is 0 Å². The second kappa shape index (κ2) is 11.3. The molecular weight excluding hydrogens is 553 g/mol. The molecule has 194 valence electrons. The fraction of sp³-hybridized carbons (Fsp3) is 0.111. The van der Waals surface area contributed by atoms with Crippen LogP contribution in [0.5, 0.6) is 5.75 Å². The Morgan fingerprint density at radius 1 is 0.921 bits per heavy atom. The number of nitrogens with zero attached hydrogens (tertiary/aromatic N) is 1. The number of rotatable bonds is 6. The topological polar surface area (TPSA) is 105 Å². The molecule has 1 aliphatic rings. The van der Waals surface area contributed by atoms with Gasteiger partial charge in [0, 0.05) is 5.69 Å². The van der Waals surface area contributed by atoms with Crippen LogP contribution in [0.1, 0.15) is 16.7 Å². The highest BCUT2D eigenvalue weighted by Crippen LogP contribution is 2.29. The summed E-state index contributed by atoms with van der Waals surface area (Å²) in [6.45, 7) is 3.43. The van der Waals surface area contributed by atoms with E-state index in [-0.39, 0.29) is 23.0 Å². The van der Waals surface area contributed by atoms with Crippen molar-refractivity contribution in [3.8, 4) is 5.75 Å². The summed E-state index contributed by atoms with van der Waals surface area (Å²) in [5.74, 6) is -1.83. The van der Waals surface area contributed by atoms with Crippen molar-refractivity contribution in [3.63, 3.8) is 0 Å². The first-order chi connectivity index (χ1) is 18.0. The number of urea groups is 1. The van der Waals surface area contributed by atoms with Crippen LogP contribution in [0, 0.1) is 13.8 Å². The van der Waals surface area contributed by atoms with Gasteiger partial charge >= 0.3 is 6.03 Å². The lowest BCUT2D eigenvalue weighted by Crippen LogP contribution is -2.54. The van der Waals surface area contributed by atoms with Gasteiger partial charge in [-0.3, -0.25) is 19.7 Å². The number of benzene rings is 3. The van der Waals surface area contributed by atoms with Crippen molar-refractivity contribution in [3.05, 3.63) is 91.9 Å². The first kappa shape index (κ1) is 27.2. The minimum absolute atomic E-state index is 0.146. The van der Waals surface area contributed by atoms with Crippen molar-refractivity contribution in [1.82, 2.24) is 5.32 Å². The number of ether oxygens (including phenoxy) is 1. The number of anilines is 2. The standard InChI is InChI=1S/C27H20Cl3N3O5/c1-14-3-6-18(9-15(14)2)33-26(36)19(25(35)32-27(33)37)10-16-4-8-23(22(30)11-16)38-13-24(34)31-17-5-7-20(28)21(29)12-17/h3-12H,13H2,1-2H3,(H,31,34)(H,32,35,37)/b19-10-. The van der Waals surface area contributed by atoms with Gasteiger partial charge in [-0.1, -0.05) is 46.9 Å². The van der Waals surface area contributed by atoms with Gasteiger partial charge in [0.25, 0.3) is 17.7 Å². The fourth-order valence-electron chi connectivity index (χ4n) is 3.56. The predicted octanol–water partition coefficient (Wildman–Crippen LogP) is 5.95. The van der Waals surface area contributed by atoms with E-state index >= 15 is 0 Å². The summed E-state index contributed by atoms with van der Waals surface area (Å²) in [5, 5.41) is 5.62. The van der Waals surface area contributed by atoms with Gasteiger partial charge in [-0.2, -0.15) is 0 Å². The third kappa shape index (κ3) is 5.99. The Hall–Kier alpha value is -3.85. The third-order valence-corrected chi connectivity index (χ3v) is 6.71. The molecule has 0 atom stereocenters. The maximum Gasteiger partial charge on any atom is 0.335 e. The number of hydrogen-bond acceptors (Lipinski definition) is 5. The third-order valence-electron chi connectivity index (χ3n) is 5.68. The molecule has 0 spiro atoms. The fourth-order valence-corrected chi connectivity index (χ4v) is 4.10. The smallest absolute Gasteiger partial charge is 0.335 e. The van der Waals surface area contributed by atoms with Gasteiger partial charge in [0.1, 0.15) is 11.3 Å². The van der Waals surface area contributed by atoms with Gasteiger partial charge in [0.15, 0.2) is 6.61 Å². The van der Waals surface area contributed by atoms with Crippen molar-refractivity contribution >= 4 is 76.0 Å². The molecule has 0 unspecified atom stereocenters. The van der Waals surface area contributed by atoms with Crippen LogP contribution in [0.3, 0.4) is 0 Å². The molecule has 1 heterocycles. The van der Waals surface area contributed by atoms with Crippen LogP contribution in [0.25, 0.3) is 6.08 Å². The molecule has 4 rings (SSSR count). The highest BCUT2D eigenvalue weighted by Gasteiger charge is 2.36. The van der Waals surface area contributed by atoms with E-state index in [9.17, 15) is 19.2 Å². The van der Waals surface area contributed by atoms with Gasteiger partial charge < -0.3 is 10.1 Å². The van der Waals surface area contributed by atoms with E-state index in [2.05, 4.69) is 10.6 Å². The van der Waals surface area contributed by atoms with Crippen LogP contribution in [-0.2, 0) is 14.4 Å².